The van der Waals surface area contributed by atoms with E-state index in [-0.39, 0.29) is 5.75 Å². The van der Waals surface area contributed by atoms with Crippen LogP contribution in [0.25, 0.3) is 0 Å². The second-order valence-corrected chi connectivity index (χ2v) is 10.6. The number of alkyl halides is 2. The van der Waals surface area contributed by atoms with Crippen molar-refractivity contribution in [2.24, 2.45) is 0 Å². The number of aromatic amines is 1. The topological polar surface area (TPSA) is 168 Å². The minimum absolute atomic E-state index is 0.0699. The summed E-state index contributed by atoms with van der Waals surface area (Å²) in [5.74, 6) is 3.61. The van der Waals surface area contributed by atoms with Gasteiger partial charge in [-0.3, -0.25) is 18.8 Å². The third-order valence-corrected chi connectivity index (χ3v) is 7.06. The highest BCUT2D eigenvalue weighted by Gasteiger charge is 2.57. The molecule has 39 heavy (non-hydrogen) atoms. The van der Waals surface area contributed by atoms with Crippen molar-refractivity contribution in [1.29, 1.82) is 0 Å². The molecular formula is C23H26ClFN3O10P. The molecule has 1 aliphatic heterocycles. The molecule has 0 saturated carbocycles. The molecule has 2 aromatic rings. The van der Waals surface area contributed by atoms with Crippen molar-refractivity contribution in [3.8, 4) is 17.6 Å². The molecule has 0 spiro atoms. The molecule has 1 aromatic heterocycles. The van der Waals surface area contributed by atoms with Gasteiger partial charge in [0.25, 0.3) is 5.56 Å². The van der Waals surface area contributed by atoms with Crippen molar-refractivity contribution >= 4 is 25.4 Å². The lowest BCUT2D eigenvalue weighted by Crippen LogP contribution is -2.45. The molecular weight excluding hydrogens is 564 g/mol. The molecule has 1 saturated heterocycles. The molecule has 4 unspecified atom stereocenters. The van der Waals surface area contributed by atoms with E-state index in [0.29, 0.717) is 4.68 Å². The third-order valence-electron chi connectivity index (χ3n) is 5.08. The Labute approximate surface area is 226 Å². The van der Waals surface area contributed by atoms with Gasteiger partial charge in [-0.2, -0.15) is 9.78 Å². The molecule has 13 nitrogen and oxygen atoms in total. The highest BCUT2D eigenvalue weighted by Crippen LogP contribution is 2.52. The number of esters is 1. The van der Waals surface area contributed by atoms with E-state index in [4.69, 9.17) is 34.6 Å². The van der Waals surface area contributed by atoms with Gasteiger partial charge in [-0.25, -0.2) is 18.5 Å². The van der Waals surface area contributed by atoms with Crippen LogP contribution >= 0.6 is 19.4 Å². The van der Waals surface area contributed by atoms with E-state index in [1.165, 1.54) is 19.1 Å². The first-order valence-electron chi connectivity index (χ1n) is 11.5. The number of H-pyrrole nitrogens is 1. The molecule has 3 rings (SSSR count). The molecule has 0 radical (unpaired) electrons. The number of carbonyl (C=O) groups excluding carboxylic acids is 1. The number of ether oxygens (including phenoxy) is 2. The maximum Gasteiger partial charge on any atom is 0.530 e. The van der Waals surface area contributed by atoms with E-state index in [1.807, 2.05) is 4.98 Å². The number of carbonyl (C=O) groups is 1. The third kappa shape index (κ3) is 7.54. The van der Waals surface area contributed by atoms with Gasteiger partial charge >= 0.3 is 19.5 Å². The van der Waals surface area contributed by atoms with E-state index >= 15 is 0 Å². The summed E-state index contributed by atoms with van der Waals surface area (Å²) in [6.45, 7) is 2.64. The largest absolute Gasteiger partial charge is 0.530 e. The van der Waals surface area contributed by atoms with Crippen molar-refractivity contribution in [3.05, 3.63) is 57.4 Å². The zero-order chi connectivity index (χ0) is 28.8. The molecule has 0 bridgehead atoms. The number of halogens is 2. The molecule has 1 aliphatic rings. The highest BCUT2D eigenvalue weighted by atomic mass is 35.5. The van der Waals surface area contributed by atoms with Gasteiger partial charge in [0.1, 0.15) is 30.8 Å². The number of aromatic nitrogens is 3. The van der Waals surface area contributed by atoms with Gasteiger partial charge in [-0.05, 0) is 32.9 Å². The zero-order valence-electron chi connectivity index (χ0n) is 21.0. The number of aliphatic hydroxyl groups excluding tert-OH is 1. The number of nitrogens with one attached hydrogen (secondary N) is 1. The predicted octanol–water partition coefficient (Wildman–Crippen LogP) is 1.70. The van der Waals surface area contributed by atoms with Gasteiger partial charge in [0.15, 0.2) is 17.2 Å². The Morgan fingerprint density at radius 1 is 1.33 bits per heavy atom. The molecule has 2 N–H and O–H groups in total. The SMILES string of the molecule is CC(C)OC(=O)[C@H](C)O[P@](=O)(OCC1OC(n2ncc(=O)[nH]c2=O)C(Cl)(C#CCF)C1O)Oc1ccccc1. The lowest BCUT2D eigenvalue weighted by Gasteiger charge is -2.25. The minimum atomic E-state index is -4.61. The summed E-state index contributed by atoms with van der Waals surface area (Å²) in [4.78, 5) is 35.8. The number of hydrogen-bond donors (Lipinski definition) is 2. The Hall–Kier alpha value is -3.05. The Balaban J connectivity index is 1.88. The number of rotatable bonds is 10. The Morgan fingerprint density at radius 2 is 2.03 bits per heavy atom. The van der Waals surface area contributed by atoms with Crippen LogP contribution in [-0.2, 0) is 27.9 Å². The first-order valence-corrected chi connectivity index (χ1v) is 13.4. The van der Waals surface area contributed by atoms with E-state index in [1.54, 1.807) is 32.0 Å². The van der Waals surface area contributed by atoms with Crippen molar-refractivity contribution in [3.63, 3.8) is 0 Å². The van der Waals surface area contributed by atoms with Crippen LogP contribution in [0.3, 0.4) is 0 Å². The number of para-hydroxylation sites is 1. The summed E-state index contributed by atoms with van der Waals surface area (Å²) >= 11 is 6.51. The fraction of sp³-hybridized carbons (Fsp3) is 0.478. The fourth-order valence-electron chi connectivity index (χ4n) is 3.37. The molecule has 0 aliphatic carbocycles. The van der Waals surface area contributed by atoms with Crippen LogP contribution in [0.4, 0.5) is 4.39 Å². The first kappa shape index (κ1) is 30.5. The van der Waals surface area contributed by atoms with Crippen molar-refractivity contribution in [2.45, 2.75) is 56.3 Å². The number of phosphoric ester groups is 1. The van der Waals surface area contributed by atoms with Crippen molar-refractivity contribution < 1.29 is 41.9 Å². The number of phosphoric acid groups is 1. The standard InChI is InChI=1S/C23H26ClFN3O10P/c1-14(2)35-20(31)15(3)37-39(33,38-16-8-5-4-6-9-16)34-13-17-19(30)23(24,10-7-11-25)21(36-17)28-22(32)27-18(29)12-26-28/h4-6,8-9,12,14-15,17,19,21,30H,11,13H2,1-3H3,(H,27,29,32)/t15-,17?,19?,21?,23?,39-/m0/s1. The summed E-state index contributed by atoms with van der Waals surface area (Å²) in [7, 11) is -4.61. The number of aliphatic hydroxyl groups is 1. The van der Waals surface area contributed by atoms with Gasteiger partial charge in [0.05, 0.1) is 12.7 Å². The lowest BCUT2D eigenvalue weighted by atomic mass is 9.99. The van der Waals surface area contributed by atoms with Crippen molar-refractivity contribution in [1.82, 2.24) is 14.8 Å². The molecule has 2 heterocycles. The smallest absolute Gasteiger partial charge is 0.461 e. The summed E-state index contributed by atoms with van der Waals surface area (Å²) in [5.41, 5.74) is -1.86. The molecule has 0 amide bonds. The second kappa shape index (κ2) is 12.9. The van der Waals surface area contributed by atoms with Crippen LogP contribution in [0, 0.1) is 11.8 Å². The molecule has 1 aromatic carbocycles. The molecule has 212 valence electrons. The van der Waals surface area contributed by atoms with Crippen molar-refractivity contribution in [2.75, 3.05) is 13.3 Å². The van der Waals surface area contributed by atoms with Crippen LogP contribution in [0.1, 0.15) is 27.0 Å². The summed E-state index contributed by atoms with van der Waals surface area (Å²) < 4.78 is 54.0. The first-order chi connectivity index (χ1) is 18.4. The fourth-order valence-corrected chi connectivity index (χ4v) is 5.06. The number of benzene rings is 1. The Morgan fingerprint density at radius 3 is 2.64 bits per heavy atom. The van der Waals surface area contributed by atoms with Gasteiger partial charge < -0.3 is 19.1 Å². The predicted molar refractivity (Wildman–Crippen MR) is 134 cm³/mol. The maximum atomic E-state index is 13.6. The van der Waals surface area contributed by atoms with E-state index < -0.39 is 73.8 Å². The van der Waals surface area contributed by atoms with E-state index in [9.17, 15) is 28.4 Å². The van der Waals surface area contributed by atoms with Crippen LogP contribution in [0.15, 0.2) is 46.1 Å². The van der Waals surface area contributed by atoms with Gasteiger partial charge in [-0.1, -0.05) is 41.6 Å². The van der Waals surface area contributed by atoms with Crippen LogP contribution < -0.4 is 15.8 Å². The molecule has 1 fully saturated rings. The average molecular weight is 590 g/mol. The van der Waals surface area contributed by atoms with E-state index in [0.717, 1.165) is 6.20 Å². The van der Waals surface area contributed by atoms with Crippen LogP contribution in [0.2, 0.25) is 0 Å². The maximum absolute atomic E-state index is 13.6. The molecule has 16 heteroatoms. The van der Waals surface area contributed by atoms with Crippen LogP contribution in [0.5, 0.6) is 5.75 Å². The number of nitrogens with zero attached hydrogens (tertiary/aromatic N) is 2. The monoisotopic (exact) mass is 589 g/mol. The Bertz CT molecular complexity index is 1380. The lowest BCUT2D eigenvalue weighted by molar-refractivity contribution is -0.156. The van der Waals surface area contributed by atoms with Gasteiger partial charge in [0.2, 0.25) is 0 Å². The quantitative estimate of drug-likeness (QED) is 0.179. The summed E-state index contributed by atoms with van der Waals surface area (Å²) in [6.07, 6.45) is -5.97. The van der Waals surface area contributed by atoms with Crippen LogP contribution in [-0.4, -0.2) is 68.4 Å². The van der Waals surface area contributed by atoms with Gasteiger partial charge in [0, 0.05) is 0 Å². The van der Waals surface area contributed by atoms with Gasteiger partial charge in [-0.15, -0.1) is 0 Å². The van der Waals surface area contributed by atoms with E-state index in [2.05, 4.69) is 16.9 Å². The number of hydrogen-bond acceptors (Lipinski definition) is 11. The zero-order valence-corrected chi connectivity index (χ0v) is 22.6. The second-order valence-electron chi connectivity index (χ2n) is 8.44. The normalized spacial score (nSPS) is 24.8. The summed E-state index contributed by atoms with van der Waals surface area (Å²) in [6, 6.07) is 7.77. The highest BCUT2D eigenvalue weighted by molar-refractivity contribution is 7.49. The minimum Gasteiger partial charge on any atom is -0.461 e. The molecule has 6 atom stereocenters. The Kier molecular flexibility index (Phi) is 10.1. The summed E-state index contributed by atoms with van der Waals surface area (Å²) in [5, 5.41) is 14.6. The average Bonchev–Trinajstić information content (AvgIpc) is 3.11.